The van der Waals surface area contributed by atoms with Gasteiger partial charge in [0, 0.05) is 17.8 Å². The smallest absolute Gasteiger partial charge is 0.132 e. The van der Waals surface area contributed by atoms with Gasteiger partial charge in [-0.25, -0.2) is 9.97 Å². The molecule has 0 aliphatic carbocycles. The van der Waals surface area contributed by atoms with E-state index in [1.54, 1.807) is 6.33 Å². The molecule has 0 bridgehead atoms. The second-order valence-electron chi connectivity index (χ2n) is 2.65. The van der Waals surface area contributed by atoms with Crippen LogP contribution in [0.2, 0.25) is 0 Å². The summed E-state index contributed by atoms with van der Waals surface area (Å²) in [6, 6.07) is 0.520. The molecule has 0 aromatic carbocycles. The van der Waals surface area contributed by atoms with Gasteiger partial charge < -0.3 is 5.32 Å². The molecule has 1 N–H and O–H groups in total. The fourth-order valence-electron chi connectivity index (χ4n) is 1.25. The van der Waals surface area contributed by atoms with E-state index < -0.39 is 0 Å². The van der Waals surface area contributed by atoms with Crippen LogP contribution in [0, 0.1) is 0 Å². The quantitative estimate of drug-likeness (QED) is 0.572. The Morgan fingerprint density at radius 3 is 3.40 bits per heavy atom. The topological polar surface area (TPSA) is 37.8 Å². The second kappa shape index (κ2) is 1.94. The van der Waals surface area contributed by atoms with Gasteiger partial charge in [0.1, 0.15) is 12.1 Å². The summed E-state index contributed by atoms with van der Waals surface area (Å²) in [4.78, 5) is 8.03. The number of anilines is 1. The number of aromatic nitrogens is 2. The third-order valence-corrected chi connectivity index (χ3v) is 1.70. The van der Waals surface area contributed by atoms with Gasteiger partial charge in [-0.1, -0.05) is 0 Å². The number of fused-ring (bicyclic) bond motifs is 1. The molecule has 1 aliphatic heterocycles. The van der Waals surface area contributed by atoms with Gasteiger partial charge in [0.25, 0.3) is 0 Å². The summed E-state index contributed by atoms with van der Waals surface area (Å²) in [5.41, 5.74) is 1.23. The Balaban J connectivity index is 2.42. The number of nitrogens with zero attached hydrogens (tertiary/aromatic N) is 2. The maximum absolute atomic E-state index is 4.09. The highest BCUT2D eigenvalue weighted by atomic mass is 15.1. The molecule has 52 valence electrons. The number of nitrogens with one attached hydrogen (secondary N) is 1. The standard InChI is InChI=1S/C7H9N3/c1-5-2-6-3-8-4-9-7(6)10-5/h3-5H,2H2,1H3,(H,8,9,10)/t5-/m0/s1. The van der Waals surface area contributed by atoms with Crippen molar-refractivity contribution < 1.29 is 0 Å². The van der Waals surface area contributed by atoms with Crippen LogP contribution >= 0.6 is 0 Å². The summed E-state index contributed by atoms with van der Waals surface area (Å²) in [5.74, 6) is 1.00. The molecule has 10 heavy (non-hydrogen) atoms. The van der Waals surface area contributed by atoms with Crippen molar-refractivity contribution in [2.24, 2.45) is 0 Å². The highest BCUT2D eigenvalue weighted by Gasteiger charge is 2.16. The van der Waals surface area contributed by atoms with Gasteiger partial charge in [-0.3, -0.25) is 0 Å². The van der Waals surface area contributed by atoms with Crippen molar-refractivity contribution in [3.63, 3.8) is 0 Å². The first kappa shape index (κ1) is 5.65. The van der Waals surface area contributed by atoms with Crippen molar-refractivity contribution in [1.82, 2.24) is 9.97 Å². The Labute approximate surface area is 59.5 Å². The number of rotatable bonds is 0. The van der Waals surface area contributed by atoms with Crippen LogP contribution in [0.4, 0.5) is 5.82 Å². The highest BCUT2D eigenvalue weighted by Crippen LogP contribution is 2.20. The molecule has 1 aromatic rings. The first-order chi connectivity index (χ1) is 4.86. The maximum atomic E-state index is 4.09. The molecule has 1 aliphatic rings. The Hall–Kier alpha value is -1.12. The van der Waals surface area contributed by atoms with Gasteiger partial charge in [0.15, 0.2) is 0 Å². The minimum absolute atomic E-state index is 0.520. The molecular formula is C7H9N3. The fourth-order valence-corrected chi connectivity index (χ4v) is 1.25. The molecule has 0 amide bonds. The molecule has 3 nitrogen and oxygen atoms in total. The molecule has 0 radical (unpaired) electrons. The van der Waals surface area contributed by atoms with Gasteiger partial charge in [0.05, 0.1) is 0 Å². The molecule has 2 rings (SSSR count). The van der Waals surface area contributed by atoms with Gasteiger partial charge in [-0.15, -0.1) is 0 Å². The first-order valence-electron chi connectivity index (χ1n) is 3.41. The van der Waals surface area contributed by atoms with E-state index in [9.17, 15) is 0 Å². The zero-order valence-corrected chi connectivity index (χ0v) is 5.83. The lowest BCUT2D eigenvalue weighted by molar-refractivity contribution is 0.837. The number of hydrogen-bond donors (Lipinski definition) is 1. The number of hydrogen-bond acceptors (Lipinski definition) is 3. The van der Waals surface area contributed by atoms with E-state index in [1.807, 2.05) is 6.20 Å². The minimum Gasteiger partial charge on any atom is -0.367 e. The van der Waals surface area contributed by atoms with Crippen molar-refractivity contribution in [2.45, 2.75) is 19.4 Å². The van der Waals surface area contributed by atoms with Crippen molar-refractivity contribution in [1.29, 1.82) is 0 Å². The SMILES string of the molecule is C[C@H]1Cc2cncnc2N1. The summed E-state index contributed by atoms with van der Waals surface area (Å²) in [7, 11) is 0. The van der Waals surface area contributed by atoms with Crippen LogP contribution in [0.3, 0.4) is 0 Å². The summed E-state index contributed by atoms with van der Waals surface area (Å²) >= 11 is 0. The summed E-state index contributed by atoms with van der Waals surface area (Å²) in [6.45, 7) is 2.14. The normalized spacial score (nSPS) is 21.9. The van der Waals surface area contributed by atoms with Crippen LogP contribution in [0.1, 0.15) is 12.5 Å². The third-order valence-electron chi connectivity index (χ3n) is 1.70. The predicted molar refractivity (Wildman–Crippen MR) is 38.8 cm³/mol. The van der Waals surface area contributed by atoms with E-state index in [0.717, 1.165) is 12.2 Å². The van der Waals surface area contributed by atoms with E-state index >= 15 is 0 Å². The summed E-state index contributed by atoms with van der Waals surface area (Å²) < 4.78 is 0. The average Bonchev–Trinajstić information content (AvgIpc) is 2.27. The lowest BCUT2D eigenvalue weighted by Gasteiger charge is -1.99. The van der Waals surface area contributed by atoms with Crippen LogP contribution in [-0.4, -0.2) is 16.0 Å². The van der Waals surface area contributed by atoms with Crippen molar-refractivity contribution in [3.8, 4) is 0 Å². The summed E-state index contributed by atoms with van der Waals surface area (Å²) in [6.07, 6.45) is 4.50. The predicted octanol–water partition coefficient (Wildman–Crippen LogP) is 0.833. The van der Waals surface area contributed by atoms with Crippen LogP contribution < -0.4 is 5.32 Å². The van der Waals surface area contributed by atoms with E-state index in [0.29, 0.717) is 6.04 Å². The lowest BCUT2D eigenvalue weighted by atomic mass is 10.2. The highest BCUT2D eigenvalue weighted by molar-refractivity contribution is 5.48. The van der Waals surface area contributed by atoms with Gasteiger partial charge in [-0.05, 0) is 13.3 Å². The Morgan fingerprint density at radius 2 is 2.60 bits per heavy atom. The zero-order chi connectivity index (χ0) is 6.97. The largest absolute Gasteiger partial charge is 0.367 e. The van der Waals surface area contributed by atoms with Gasteiger partial charge in [-0.2, -0.15) is 0 Å². The van der Waals surface area contributed by atoms with Crippen molar-refractivity contribution in [2.75, 3.05) is 5.32 Å². The Morgan fingerprint density at radius 1 is 1.70 bits per heavy atom. The fraction of sp³-hybridized carbons (Fsp3) is 0.429. The molecule has 0 saturated heterocycles. The van der Waals surface area contributed by atoms with Crippen LogP contribution in [-0.2, 0) is 6.42 Å². The van der Waals surface area contributed by atoms with Crippen molar-refractivity contribution >= 4 is 5.82 Å². The molecule has 3 heteroatoms. The molecule has 1 aromatic heterocycles. The monoisotopic (exact) mass is 135 g/mol. The average molecular weight is 135 g/mol. The zero-order valence-electron chi connectivity index (χ0n) is 5.83. The lowest BCUT2D eigenvalue weighted by Crippen LogP contribution is -2.08. The van der Waals surface area contributed by atoms with Crippen LogP contribution in [0.5, 0.6) is 0 Å². The van der Waals surface area contributed by atoms with Crippen molar-refractivity contribution in [3.05, 3.63) is 18.1 Å². The van der Waals surface area contributed by atoms with Crippen LogP contribution in [0.15, 0.2) is 12.5 Å². The van der Waals surface area contributed by atoms with Gasteiger partial charge in [0.2, 0.25) is 0 Å². The molecule has 2 heterocycles. The van der Waals surface area contributed by atoms with Crippen LogP contribution in [0.25, 0.3) is 0 Å². The maximum Gasteiger partial charge on any atom is 0.132 e. The summed E-state index contributed by atoms with van der Waals surface area (Å²) in [5, 5.41) is 3.25. The van der Waals surface area contributed by atoms with E-state index in [2.05, 4.69) is 22.2 Å². The molecule has 0 saturated carbocycles. The second-order valence-corrected chi connectivity index (χ2v) is 2.65. The molecule has 0 unspecified atom stereocenters. The molecular weight excluding hydrogens is 126 g/mol. The Bertz CT molecular complexity index is 221. The van der Waals surface area contributed by atoms with E-state index in [1.165, 1.54) is 5.56 Å². The van der Waals surface area contributed by atoms with Gasteiger partial charge >= 0.3 is 0 Å². The molecule has 1 atom stereocenters. The van der Waals surface area contributed by atoms with E-state index in [4.69, 9.17) is 0 Å². The first-order valence-corrected chi connectivity index (χ1v) is 3.41. The molecule has 0 fully saturated rings. The molecule has 0 spiro atoms. The minimum atomic E-state index is 0.520. The van der Waals surface area contributed by atoms with E-state index in [-0.39, 0.29) is 0 Å². The Kier molecular flexibility index (Phi) is 1.09. The third kappa shape index (κ3) is 0.744.